The molecule has 0 aromatic rings. The molecule has 1 amide bonds. The number of rotatable bonds is 1. The first-order chi connectivity index (χ1) is 6.15. The maximum Gasteiger partial charge on any atom is 0.409 e. The molecule has 2 atom stereocenters. The number of likely N-dealkylation sites (tertiary alicyclic amines) is 1. The molecule has 1 fully saturated rings. The van der Waals surface area contributed by atoms with Gasteiger partial charge in [-0.3, -0.25) is 0 Å². The molecule has 1 aliphatic rings. The van der Waals surface area contributed by atoms with Gasteiger partial charge >= 0.3 is 6.09 Å². The third-order valence-electron chi connectivity index (χ3n) is 2.16. The van der Waals surface area contributed by atoms with Gasteiger partial charge in [-0.2, -0.15) is 0 Å². The van der Waals surface area contributed by atoms with Crippen LogP contribution >= 0.6 is 0 Å². The molecule has 0 aromatic carbocycles. The molecule has 0 aromatic heterocycles. The van der Waals surface area contributed by atoms with Crippen molar-refractivity contribution in [2.45, 2.75) is 25.5 Å². The lowest BCUT2D eigenvalue weighted by molar-refractivity contribution is 0.0402. The fourth-order valence-corrected chi connectivity index (χ4v) is 1.33. The highest BCUT2D eigenvalue weighted by Gasteiger charge is 2.28. The van der Waals surface area contributed by atoms with Crippen molar-refractivity contribution in [1.82, 2.24) is 4.90 Å². The second-order valence-corrected chi connectivity index (χ2v) is 3.16. The number of nitrogens with two attached hydrogens (primary N) is 1. The highest BCUT2D eigenvalue weighted by atomic mass is 16.6. The van der Waals surface area contributed by atoms with Crippen LogP contribution in [-0.4, -0.2) is 47.9 Å². The van der Waals surface area contributed by atoms with Gasteiger partial charge in [0.05, 0.1) is 19.3 Å². The van der Waals surface area contributed by atoms with Crippen molar-refractivity contribution < 1.29 is 14.6 Å². The molecule has 13 heavy (non-hydrogen) atoms. The molecule has 2 unspecified atom stereocenters. The largest absolute Gasteiger partial charge is 0.450 e. The number of carbonyl (C=O) groups excluding carboxylic acids is 1. The van der Waals surface area contributed by atoms with Crippen LogP contribution in [0.3, 0.4) is 0 Å². The molecule has 76 valence electrons. The molecule has 0 saturated carbocycles. The minimum Gasteiger partial charge on any atom is -0.450 e. The molecule has 3 N–H and O–H groups in total. The van der Waals surface area contributed by atoms with Crippen molar-refractivity contribution in [3.8, 4) is 0 Å². The van der Waals surface area contributed by atoms with Gasteiger partial charge in [0.2, 0.25) is 0 Å². The van der Waals surface area contributed by atoms with Crippen LogP contribution in [0.4, 0.5) is 4.79 Å². The first-order valence-corrected chi connectivity index (χ1v) is 4.50. The van der Waals surface area contributed by atoms with E-state index in [2.05, 4.69) is 0 Å². The third-order valence-corrected chi connectivity index (χ3v) is 2.16. The highest BCUT2D eigenvalue weighted by Crippen LogP contribution is 2.10. The number of aliphatic hydroxyl groups is 1. The SMILES string of the molecule is CCOC(=O)N1CCC(N)C(O)C1. The zero-order valence-electron chi connectivity index (χ0n) is 7.77. The van der Waals surface area contributed by atoms with Crippen LogP contribution in [0, 0.1) is 0 Å². The molecule has 5 heteroatoms. The van der Waals surface area contributed by atoms with Crippen LogP contribution in [0.15, 0.2) is 0 Å². The van der Waals surface area contributed by atoms with E-state index in [1.165, 1.54) is 4.90 Å². The van der Waals surface area contributed by atoms with Crippen LogP contribution in [0.25, 0.3) is 0 Å². The Kier molecular flexibility index (Phi) is 3.50. The monoisotopic (exact) mass is 188 g/mol. The summed E-state index contributed by atoms with van der Waals surface area (Å²) in [4.78, 5) is 12.7. The Morgan fingerprint density at radius 1 is 1.77 bits per heavy atom. The van der Waals surface area contributed by atoms with Crippen LogP contribution in [0.1, 0.15) is 13.3 Å². The van der Waals surface area contributed by atoms with Gasteiger partial charge in [0.1, 0.15) is 0 Å². The minimum atomic E-state index is -0.627. The van der Waals surface area contributed by atoms with Crippen molar-refractivity contribution in [3.05, 3.63) is 0 Å². The number of β-amino-alcohol motifs (C(OH)–C–C–N with tert-alkyl or cyclic N) is 1. The van der Waals surface area contributed by atoms with E-state index in [0.29, 0.717) is 19.6 Å². The van der Waals surface area contributed by atoms with E-state index in [1.807, 2.05) is 0 Å². The zero-order valence-corrected chi connectivity index (χ0v) is 7.77. The van der Waals surface area contributed by atoms with Gasteiger partial charge in [-0.1, -0.05) is 0 Å². The lowest BCUT2D eigenvalue weighted by Crippen LogP contribution is -2.52. The fraction of sp³-hybridized carbons (Fsp3) is 0.875. The summed E-state index contributed by atoms with van der Waals surface area (Å²) in [5, 5.41) is 9.39. The van der Waals surface area contributed by atoms with Gasteiger partial charge in [0, 0.05) is 12.6 Å². The summed E-state index contributed by atoms with van der Waals surface area (Å²) < 4.78 is 4.80. The number of carbonyl (C=O) groups is 1. The standard InChI is InChI=1S/C8H16N2O3/c1-2-13-8(12)10-4-3-6(9)7(11)5-10/h6-7,11H,2-5,9H2,1H3. The number of piperidine rings is 1. The Morgan fingerprint density at radius 3 is 3.00 bits per heavy atom. The smallest absolute Gasteiger partial charge is 0.409 e. The molecule has 1 rings (SSSR count). The number of amides is 1. The van der Waals surface area contributed by atoms with E-state index in [9.17, 15) is 9.90 Å². The molecule has 0 spiro atoms. The average Bonchev–Trinajstić information content (AvgIpc) is 2.10. The van der Waals surface area contributed by atoms with Gasteiger partial charge in [-0.25, -0.2) is 4.79 Å². The van der Waals surface area contributed by atoms with Crippen LogP contribution in [0.2, 0.25) is 0 Å². The predicted octanol–water partition coefficient (Wildman–Crippen LogP) is -0.463. The highest BCUT2D eigenvalue weighted by molar-refractivity contribution is 5.67. The van der Waals surface area contributed by atoms with Gasteiger partial charge in [-0.05, 0) is 13.3 Å². The summed E-state index contributed by atoms with van der Waals surface area (Å²) in [6.45, 7) is 2.96. The number of aliphatic hydroxyl groups excluding tert-OH is 1. The summed E-state index contributed by atoms with van der Waals surface area (Å²) in [6.07, 6.45) is -0.369. The average molecular weight is 188 g/mol. The molecule has 0 aliphatic carbocycles. The number of nitrogens with zero attached hydrogens (tertiary/aromatic N) is 1. The van der Waals surface area contributed by atoms with E-state index >= 15 is 0 Å². The third kappa shape index (κ3) is 2.57. The van der Waals surface area contributed by atoms with Gasteiger partial charge < -0.3 is 20.5 Å². The van der Waals surface area contributed by atoms with E-state index in [-0.39, 0.29) is 18.7 Å². The Labute approximate surface area is 77.5 Å². The first-order valence-electron chi connectivity index (χ1n) is 4.50. The Morgan fingerprint density at radius 2 is 2.46 bits per heavy atom. The maximum atomic E-state index is 11.2. The van der Waals surface area contributed by atoms with E-state index in [4.69, 9.17) is 10.5 Å². The predicted molar refractivity (Wildman–Crippen MR) is 47.2 cm³/mol. The van der Waals surface area contributed by atoms with Crippen molar-refractivity contribution in [1.29, 1.82) is 0 Å². The molecular weight excluding hydrogens is 172 g/mol. The lowest BCUT2D eigenvalue weighted by atomic mass is 10.0. The van der Waals surface area contributed by atoms with Crippen LogP contribution in [-0.2, 0) is 4.74 Å². The van der Waals surface area contributed by atoms with Crippen molar-refractivity contribution in [2.75, 3.05) is 19.7 Å². The zero-order chi connectivity index (χ0) is 9.84. The normalized spacial score (nSPS) is 28.7. The van der Waals surface area contributed by atoms with E-state index in [1.54, 1.807) is 6.92 Å². The second kappa shape index (κ2) is 4.43. The summed E-state index contributed by atoms with van der Waals surface area (Å²) in [6, 6.07) is -0.217. The number of ether oxygens (including phenoxy) is 1. The molecule has 1 saturated heterocycles. The summed E-state index contributed by atoms with van der Waals surface area (Å²) in [5.41, 5.74) is 5.59. The Balaban J connectivity index is 2.40. The molecule has 5 nitrogen and oxygen atoms in total. The van der Waals surface area contributed by atoms with E-state index in [0.717, 1.165) is 0 Å². The second-order valence-electron chi connectivity index (χ2n) is 3.16. The molecule has 0 radical (unpaired) electrons. The van der Waals surface area contributed by atoms with E-state index < -0.39 is 6.10 Å². The first kappa shape index (κ1) is 10.3. The summed E-state index contributed by atoms with van der Waals surface area (Å²) >= 11 is 0. The van der Waals surface area contributed by atoms with Crippen molar-refractivity contribution in [3.63, 3.8) is 0 Å². The van der Waals surface area contributed by atoms with Crippen LogP contribution < -0.4 is 5.73 Å². The molecular formula is C8H16N2O3. The summed E-state index contributed by atoms with van der Waals surface area (Å²) in [7, 11) is 0. The molecule has 1 heterocycles. The van der Waals surface area contributed by atoms with Gasteiger partial charge in [0.25, 0.3) is 0 Å². The molecule has 1 aliphatic heterocycles. The minimum absolute atomic E-state index is 0.217. The number of hydrogen-bond acceptors (Lipinski definition) is 4. The quantitative estimate of drug-likeness (QED) is 0.583. The van der Waals surface area contributed by atoms with Crippen LogP contribution in [0.5, 0.6) is 0 Å². The lowest BCUT2D eigenvalue weighted by Gasteiger charge is -2.33. The Bertz CT molecular complexity index is 186. The van der Waals surface area contributed by atoms with Gasteiger partial charge in [0.15, 0.2) is 0 Å². The van der Waals surface area contributed by atoms with Crippen molar-refractivity contribution >= 4 is 6.09 Å². The fourth-order valence-electron chi connectivity index (χ4n) is 1.33. The Hall–Kier alpha value is -0.810. The van der Waals surface area contributed by atoms with Crippen molar-refractivity contribution in [2.24, 2.45) is 5.73 Å². The number of hydrogen-bond donors (Lipinski definition) is 2. The topological polar surface area (TPSA) is 75.8 Å². The van der Waals surface area contributed by atoms with Gasteiger partial charge in [-0.15, -0.1) is 0 Å². The maximum absolute atomic E-state index is 11.2. The summed E-state index contributed by atoms with van der Waals surface area (Å²) in [5.74, 6) is 0. The molecule has 0 bridgehead atoms.